The number of anilines is 1. The van der Waals surface area contributed by atoms with Crippen LogP contribution in [-0.2, 0) is 12.5 Å². The predicted octanol–water partition coefficient (Wildman–Crippen LogP) is 12.3. The van der Waals surface area contributed by atoms with Crippen LogP contribution in [0.5, 0.6) is 11.5 Å². The van der Waals surface area contributed by atoms with Crippen LogP contribution in [0.25, 0.3) is 66.3 Å². The van der Waals surface area contributed by atoms with Gasteiger partial charge in [-0.05, 0) is 70.1 Å². The monoisotopic (exact) mass is 729 g/mol. The van der Waals surface area contributed by atoms with Gasteiger partial charge in [-0.2, -0.15) is 0 Å². The SMILES string of the molecule is CN1C=C(c2ccccc2)N(c2cc(Oc3ccc4c5cc(-c6ccccc6)ccc5n(-c5cc6c(cn5)c5ccccc5n6C)c4c3)cc(C(C)(C)C)c2)C1. The molecule has 56 heavy (non-hydrogen) atoms. The van der Waals surface area contributed by atoms with Crippen molar-refractivity contribution >= 4 is 55.0 Å². The van der Waals surface area contributed by atoms with Gasteiger partial charge in [-0.3, -0.25) is 4.57 Å². The molecule has 6 aromatic carbocycles. The van der Waals surface area contributed by atoms with E-state index in [4.69, 9.17) is 9.72 Å². The van der Waals surface area contributed by atoms with Crippen LogP contribution in [0.1, 0.15) is 31.9 Å². The number of ether oxygens (including phenoxy) is 1. The second-order valence-corrected chi connectivity index (χ2v) is 16.0. The molecule has 0 amide bonds. The average molecular weight is 730 g/mol. The van der Waals surface area contributed by atoms with E-state index in [1.807, 2.05) is 6.20 Å². The molecule has 0 atom stereocenters. The first kappa shape index (κ1) is 33.8. The van der Waals surface area contributed by atoms with Gasteiger partial charge in [0.2, 0.25) is 0 Å². The summed E-state index contributed by atoms with van der Waals surface area (Å²) < 4.78 is 11.5. The molecule has 1 aliphatic heterocycles. The maximum absolute atomic E-state index is 6.90. The van der Waals surface area contributed by atoms with Crippen molar-refractivity contribution in [2.75, 3.05) is 18.6 Å². The minimum absolute atomic E-state index is 0.0880. The van der Waals surface area contributed by atoms with Crippen molar-refractivity contribution in [2.24, 2.45) is 7.05 Å². The summed E-state index contributed by atoms with van der Waals surface area (Å²) in [6.07, 6.45) is 4.25. The summed E-state index contributed by atoms with van der Waals surface area (Å²) in [5.74, 6) is 2.44. The minimum Gasteiger partial charge on any atom is -0.457 e. The van der Waals surface area contributed by atoms with E-state index in [1.54, 1.807) is 0 Å². The Bertz CT molecular complexity index is 2990. The largest absolute Gasteiger partial charge is 0.457 e. The van der Waals surface area contributed by atoms with E-state index in [0.717, 1.165) is 57.0 Å². The molecule has 0 N–H and O–H groups in total. The molecular weight excluding hydrogens is 687 g/mol. The van der Waals surface area contributed by atoms with E-state index in [-0.39, 0.29) is 5.41 Å². The highest BCUT2D eigenvalue weighted by atomic mass is 16.5. The summed E-state index contributed by atoms with van der Waals surface area (Å²) in [5.41, 5.74) is 11.4. The lowest BCUT2D eigenvalue weighted by molar-refractivity contribution is 0.477. The van der Waals surface area contributed by atoms with E-state index >= 15 is 0 Å². The maximum atomic E-state index is 6.90. The quantitative estimate of drug-likeness (QED) is 0.171. The average Bonchev–Trinajstić information content (AvgIpc) is 3.86. The van der Waals surface area contributed by atoms with E-state index in [2.05, 4.69) is 206 Å². The molecule has 1 aliphatic rings. The Balaban J connectivity index is 1.13. The topological polar surface area (TPSA) is 38.5 Å². The Morgan fingerprint density at radius 2 is 1.29 bits per heavy atom. The Labute approximate surface area is 327 Å². The van der Waals surface area contributed by atoms with Crippen LogP contribution in [0.2, 0.25) is 0 Å². The number of pyridine rings is 1. The lowest BCUT2D eigenvalue weighted by atomic mass is 9.86. The van der Waals surface area contributed by atoms with Crippen molar-refractivity contribution in [3.63, 3.8) is 0 Å². The third-order valence-electron chi connectivity index (χ3n) is 11.2. The Hall–Kier alpha value is -6.79. The highest BCUT2D eigenvalue weighted by Crippen LogP contribution is 2.41. The minimum atomic E-state index is -0.0880. The number of benzene rings is 6. The van der Waals surface area contributed by atoms with Crippen molar-refractivity contribution in [1.82, 2.24) is 19.0 Å². The molecule has 6 nitrogen and oxygen atoms in total. The van der Waals surface area contributed by atoms with Crippen LogP contribution in [0.15, 0.2) is 158 Å². The van der Waals surface area contributed by atoms with Crippen molar-refractivity contribution < 1.29 is 4.74 Å². The van der Waals surface area contributed by atoms with Gasteiger partial charge in [0.15, 0.2) is 0 Å². The highest BCUT2D eigenvalue weighted by Gasteiger charge is 2.25. The fourth-order valence-corrected chi connectivity index (χ4v) is 8.33. The number of fused-ring (bicyclic) bond motifs is 6. The lowest BCUT2D eigenvalue weighted by Crippen LogP contribution is -2.24. The third-order valence-corrected chi connectivity index (χ3v) is 11.2. The maximum Gasteiger partial charge on any atom is 0.139 e. The summed E-state index contributed by atoms with van der Waals surface area (Å²) in [6, 6.07) is 51.9. The number of hydrogen-bond donors (Lipinski definition) is 0. The van der Waals surface area contributed by atoms with Crippen molar-refractivity contribution in [3.05, 3.63) is 169 Å². The molecule has 0 aliphatic carbocycles. The van der Waals surface area contributed by atoms with E-state index in [9.17, 15) is 0 Å². The summed E-state index contributed by atoms with van der Waals surface area (Å²) >= 11 is 0. The van der Waals surface area contributed by atoms with Crippen molar-refractivity contribution in [3.8, 4) is 28.4 Å². The summed E-state index contributed by atoms with van der Waals surface area (Å²) in [4.78, 5) is 9.73. The van der Waals surface area contributed by atoms with Gasteiger partial charge in [0.25, 0.3) is 0 Å². The predicted molar refractivity (Wildman–Crippen MR) is 233 cm³/mol. The molecule has 9 aromatic rings. The molecular formula is C50H43N5O. The number of para-hydroxylation sites is 1. The number of aromatic nitrogens is 3. The highest BCUT2D eigenvalue weighted by molar-refractivity contribution is 6.12. The normalized spacial score (nSPS) is 13.4. The van der Waals surface area contributed by atoms with Crippen LogP contribution in [0.3, 0.4) is 0 Å². The van der Waals surface area contributed by atoms with Crippen LogP contribution in [-0.4, -0.2) is 32.7 Å². The zero-order valence-electron chi connectivity index (χ0n) is 32.4. The van der Waals surface area contributed by atoms with E-state index < -0.39 is 0 Å². The van der Waals surface area contributed by atoms with Gasteiger partial charge < -0.3 is 19.1 Å². The molecule has 0 saturated heterocycles. The molecule has 0 radical (unpaired) electrons. The van der Waals surface area contributed by atoms with Gasteiger partial charge in [-0.25, -0.2) is 4.98 Å². The molecule has 0 fully saturated rings. The Kier molecular flexibility index (Phi) is 7.79. The van der Waals surface area contributed by atoms with Crippen molar-refractivity contribution in [2.45, 2.75) is 26.2 Å². The molecule has 0 spiro atoms. The van der Waals surface area contributed by atoms with E-state index in [1.165, 1.54) is 44.2 Å². The molecule has 3 aromatic heterocycles. The standard InChI is InChI=1S/C50H43N5O/c1-50(2,3)36-25-37(54-32-52(4)31-48(54)34-16-10-7-11-17-34)27-39(26-36)56-38-21-22-41-42-24-35(33-14-8-6-9-15-33)20-23-45(42)55(47(41)28-38)49-29-46-43(30-51-49)40-18-12-13-19-44(40)53(46)5/h6-31H,32H2,1-5H3. The second kappa shape index (κ2) is 12.9. The summed E-state index contributed by atoms with van der Waals surface area (Å²) in [7, 11) is 4.26. The molecule has 4 heterocycles. The number of rotatable bonds is 6. The van der Waals surface area contributed by atoms with Crippen LogP contribution >= 0.6 is 0 Å². The van der Waals surface area contributed by atoms with Gasteiger partial charge in [-0.1, -0.05) is 106 Å². The second-order valence-electron chi connectivity index (χ2n) is 16.0. The fraction of sp³-hybridized carbons (Fsp3) is 0.140. The Morgan fingerprint density at radius 3 is 2.07 bits per heavy atom. The van der Waals surface area contributed by atoms with Crippen molar-refractivity contribution in [1.29, 1.82) is 0 Å². The van der Waals surface area contributed by atoms with Crippen LogP contribution in [0.4, 0.5) is 5.69 Å². The summed E-state index contributed by atoms with van der Waals surface area (Å²) in [6.45, 7) is 7.53. The van der Waals surface area contributed by atoms with Gasteiger partial charge in [0.05, 0.1) is 28.9 Å². The molecule has 0 saturated carbocycles. The van der Waals surface area contributed by atoms with Gasteiger partial charge in [-0.15, -0.1) is 0 Å². The molecule has 10 rings (SSSR count). The van der Waals surface area contributed by atoms with Crippen LogP contribution in [0, 0.1) is 0 Å². The number of hydrogen-bond acceptors (Lipinski definition) is 4. The number of aryl methyl sites for hydroxylation is 1. The lowest BCUT2D eigenvalue weighted by Gasteiger charge is -2.27. The summed E-state index contributed by atoms with van der Waals surface area (Å²) in [5, 5.41) is 4.67. The first-order valence-electron chi connectivity index (χ1n) is 19.3. The zero-order chi connectivity index (χ0) is 38.1. The molecule has 0 bridgehead atoms. The van der Waals surface area contributed by atoms with Gasteiger partial charge >= 0.3 is 0 Å². The van der Waals surface area contributed by atoms with Gasteiger partial charge in [0.1, 0.15) is 17.3 Å². The molecule has 0 unspecified atom stereocenters. The first-order valence-corrected chi connectivity index (χ1v) is 19.3. The van der Waals surface area contributed by atoms with Crippen LogP contribution < -0.4 is 9.64 Å². The number of nitrogens with zero attached hydrogens (tertiary/aromatic N) is 5. The van der Waals surface area contributed by atoms with Gasteiger partial charge in [0, 0.05) is 77.4 Å². The smallest absolute Gasteiger partial charge is 0.139 e. The van der Waals surface area contributed by atoms with E-state index in [0.29, 0.717) is 0 Å². The first-order chi connectivity index (χ1) is 27.2. The zero-order valence-corrected chi connectivity index (χ0v) is 32.4. The molecule has 274 valence electrons. The molecule has 6 heteroatoms. The fourth-order valence-electron chi connectivity index (χ4n) is 8.33. The Morgan fingerprint density at radius 1 is 0.554 bits per heavy atom. The third kappa shape index (κ3) is 5.68.